The minimum absolute atomic E-state index is 0. The van der Waals surface area contributed by atoms with Gasteiger partial charge in [0.2, 0.25) is 0 Å². The van der Waals surface area contributed by atoms with E-state index in [0.717, 1.165) is 50.3 Å². The van der Waals surface area contributed by atoms with Gasteiger partial charge in [0.05, 0.1) is 11.6 Å². The predicted octanol–water partition coefficient (Wildman–Crippen LogP) is 1.93. The number of nitrogens with zero attached hydrogens (tertiary/aromatic N) is 1. The Balaban J connectivity index is 0.00000192. The molecule has 3 atom stereocenters. The topological polar surface area (TPSA) is 53.3 Å². The highest BCUT2D eigenvalue weighted by Gasteiger charge is 2.33. The van der Waals surface area contributed by atoms with Gasteiger partial charge in [0, 0.05) is 31.6 Å². The van der Waals surface area contributed by atoms with Gasteiger partial charge in [0.25, 0.3) is 0 Å². The van der Waals surface area contributed by atoms with Crippen LogP contribution in [0.25, 0.3) is 0 Å². The highest BCUT2D eigenvalue weighted by molar-refractivity contribution is 5.85. The molecule has 130 valence electrons. The second kappa shape index (κ2) is 7.36. The third-order valence-electron chi connectivity index (χ3n) is 4.49. The number of halogens is 4. The molecule has 0 amide bonds. The van der Waals surface area contributed by atoms with Gasteiger partial charge in [-0.25, -0.2) is 5.43 Å². The van der Waals surface area contributed by atoms with Crippen LogP contribution in [0.5, 0.6) is 0 Å². The van der Waals surface area contributed by atoms with Crippen LogP contribution in [0.3, 0.4) is 0 Å². The Hall–Kier alpha value is -0.860. The molecular weight excluding hydrogens is 329 g/mol. The van der Waals surface area contributed by atoms with Crippen molar-refractivity contribution in [2.24, 2.45) is 11.7 Å². The van der Waals surface area contributed by atoms with E-state index < -0.39 is 11.7 Å². The van der Waals surface area contributed by atoms with E-state index in [1.54, 1.807) is 12.1 Å². The van der Waals surface area contributed by atoms with E-state index in [4.69, 9.17) is 5.73 Å². The van der Waals surface area contributed by atoms with E-state index in [9.17, 15) is 13.2 Å². The first kappa shape index (κ1) is 18.5. The van der Waals surface area contributed by atoms with Gasteiger partial charge in [-0.3, -0.25) is 5.43 Å². The third kappa shape index (κ3) is 4.36. The largest absolute Gasteiger partial charge is 0.416 e. The summed E-state index contributed by atoms with van der Waals surface area (Å²) in [4.78, 5) is 2.33. The lowest BCUT2D eigenvalue weighted by Crippen LogP contribution is -2.33. The van der Waals surface area contributed by atoms with Crippen molar-refractivity contribution in [2.75, 3.05) is 26.2 Å². The first-order valence-corrected chi connectivity index (χ1v) is 7.57. The molecule has 4 N–H and O–H groups in total. The van der Waals surface area contributed by atoms with E-state index in [-0.39, 0.29) is 24.5 Å². The Morgan fingerprint density at radius 2 is 1.91 bits per heavy atom. The number of hydrazine groups is 1. The van der Waals surface area contributed by atoms with E-state index >= 15 is 0 Å². The minimum Gasteiger partial charge on any atom is -0.326 e. The van der Waals surface area contributed by atoms with Gasteiger partial charge in [-0.1, -0.05) is 12.1 Å². The maximum Gasteiger partial charge on any atom is 0.416 e. The SMILES string of the molecule is Cl.N[C@H]1CCN(CC2CNNC2c2ccc(C(F)(F)F)cc2)C1. The number of likely N-dealkylation sites (tertiary alicyclic amines) is 1. The lowest BCUT2D eigenvalue weighted by atomic mass is 9.94. The zero-order chi connectivity index (χ0) is 15.7. The Labute approximate surface area is 140 Å². The summed E-state index contributed by atoms with van der Waals surface area (Å²) in [6.07, 6.45) is -3.27. The summed E-state index contributed by atoms with van der Waals surface area (Å²) in [6.45, 7) is 3.60. The summed E-state index contributed by atoms with van der Waals surface area (Å²) in [5.74, 6) is 0.321. The molecular formula is C15H22ClF3N4. The summed E-state index contributed by atoms with van der Waals surface area (Å²) in [5, 5.41) is 0. The van der Waals surface area contributed by atoms with Crippen molar-refractivity contribution >= 4 is 12.4 Å². The molecule has 0 saturated carbocycles. The van der Waals surface area contributed by atoms with Crippen molar-refractivity contribution in [2.45, 2.75) is 24.7 Å². The lowest BCUT2D eigenvalue weighted by molar-refractivity contribution is -0.137. The van der Waals surface area contributed by atoms with Crippen LogP contribution in [-0.2, 0) is 6.18 Å². The van der Waals surface area contributed by atoms with Crippen LogP contribution in [0.2, 0.25) is 0 Å². The maximum atomic E-state index is 12.6. The number of benzene rings is 1. The smallest absolute Gasteiger partial charge is 0.326 e. The van der Waals surface area contributed by atoms with Crippen molar-refractivity contribution in [3.05, 3.63) is 35.4 Å². The summed E-state index contributed by atoms with van der Waals surface area (Å²) in [7, 11) is 0. The van der Waals surface area contributed by atoms with Crippen LogP contribution < -0.4 is 16.6 Å². The number of nitrogens with two attached hydrogens (primary N) is 1. The first-order valence-electron chi connectivity index (χ1n) is 7.57. The molecule has 0 radical (unpaired) electrons. The fraction of sp³-hybridized carbons (Fsp3) is 0.600. The normalized spacial score (nSPS) is 28.8. The van der Waals surface area contributed by atoms with Crippen molar-refractivity contribution in [3.8, 4) is 0 Å². The second-order valence-electron chi connectivity index (χ2n) is 6.19. The van der Waals surface area contributed by atoms with Crippen LogP contribution in [0, 0.1) is 5.92 Å². The molecule has 0 spiro atoms. The number of rotatable bonds is 3. The molecule has 23 heavy (non-hydrogen) atoms. The van der Waals surface area contributed by atoms with Crippen molar-refractivity contribution in [3.63, 3.8) is 0 Å². The molecule has 0 aromatic heterocycles. The quantitative estimate of drug-likeness (QED) is 0.779. The Morgan fingerprint density at radius 3 is 2.48 bits per heavy atom. The summed E-state index contributed by atoms with van der Waals surface area (Å²) >= 11 is 0. The first-order chi connectivity index (χ1) is 10.4. The van der Waals surface area contributed by atoms with Gasteiger partial charge >= 0.3 is 6.18 Å². The van der Waals surface area contributed by atoms with Gasteiger partial charge in [0.1, 0.15) is 0 Å². The molecule has 2 aliphatic rings. The van der Waals surface area contributed by atoms with Crippen molar-refractivity contribution < 1.29 is 13.2 Å². The Bertz CT molecular complexity index is 508. The van der Waals surface area contributed by atoms with Crippen LogP contribution in [0.1, 0.15) is 23.6 Å². The Kier molecular flexibility index (Phi) is 5.91. The zero-order valence-electron chi connectivity index (χ0n) is 12.6. The van der Waals surface area contributed by atoms with E-state index in [1.165, 1.54) is 0 Å². The predicted molar refractivity (Wildman–Crippen MR) is 85.1 cm³/mol. The third-order valence-corrected chi connectivity index (χ3v) is 4.49. The van der Waals surface area contributed by atoms with E-state index in [2.05, 4.69) is 15.8 Å². The van der Waals surface area contributed by atoms with Crippen molar-refractivity contribution in [1.82, 2.24) is 15.8 Å². The molecule has 0 aliphatic carbocycles. The molecule has 1 aromatic rings. The molecule has 2 saturated heterocycles. The second-order valence-corrected chi connectivity index (χ2v) is 6.19. The minimum atomic E-state index is -4.29. The fourth-order valence-corrected chi connectivity index (χ4v) is 3.30. The number of nitrogens with one attached hydrogen (secondary N) is 2. The average molecular weight is 351 g/mol. The monoisotopic (exact) mass is 350 g/mol. The van der Waals surface area contributed by atoms with Crippen LogP contribution >= 0.6 is 12.4 Å². The maximum absolute atomic E-state index is 12.6. The van der Waals surface area contributed by atoms with Gasteiger partial charge in [0.15, 0.2) is 0 Å². The molecule has 2 fully saturated rings. The standard InChI is InChI=1S/C15H21F3N4.ClH/c16-15(17,18)12-3-1-10(2-4-12)14-11(7-20-21-14)8-22-6-5-13(19)9-22;/h1-4,11,13-14,20-21H,5-9,19H2;1H/t11?,13-,14?;/m0./s1. The molecule has 8 heteroatoms. The average Bonchev–Trinajstić information content (AvgIpc) is 3.08. The van der Waals surface area contributed by atoms with Gasteiger partial charge < -0.3 is 10.6 Å². The molecule has 4 nitrogen and oxygen atoms in total. The fourth-order valence-electron chi connectivity index (χ4n) is 3.30. The van der Waals surface area contributed by atoms with Crippen LogP contribution in [0.4, 0.5) is 13.2 Å². The van der Waals surface area contributed by atoms with Crippen LogP contribution in [-0.4, -0.2) is 37.1 Å². The highest BCUT2D eigenvalue weighted by atomic mass is 35.5. The lowest BCUT2D eigenvalue weighted by Gasteiger charge is -2.24. The zero-order valence-corrected chi connectivity index (χ0v) is 13.5. The summed E-state index contributed by atoms with van der Waals surface area (Å²) in [5.41, 5.74) is 12.5. The summed E-state index contributed by atoms with van der Waals surface area (Å²) in [6, 6.07) is 5.70. The van der Waals surface area contributed by atoms with Gasteiger partial charge in [-0.2, -0.15) is 13.2 Å². The van der Waals surface area contributed by atoms with E-state index in [0.29, 0.717) is 5.92 Å². The molecule has 1 aromatic carbocycles. The summed E-state index contributed by atoms with van der Waals surface area (Å²) < 4.78 is 37.9. The van der Waals surface area contributed by atoms with Gasteiger partial charge in [-0.15, -0.1) is 12.4 Å². The number of hydrogen-bond donors (Lipinski definition) is 3. The Morgan fingerprint density at radius 1 is 1.22 bits per heavy atom. The molecule has 2 unspecified atom stereocenters. The highest BCUT2D eigenvalue weighted by Crippen LogP contribution is 2.32. The van der Waals surface area contributed by atoms with E-state index in [1.807, 2.05) is 0 Å². The number of alkyl halides is 3. The molecule has 2 heterocycles. The van der Waals surface area contributed by atoms with Crippen LogP contribution in [0.15, 0.2) is 24.3 Å². The molecule has 0 bridgehead atoms. The van der Waals surface area contributed by atoms with Gasteiger partial charge in [-0.05, 0) is 30.7 Å². The molecule has 2 aliphatic heterocycles. The molecule has 3 rings (SSSR count). The number of hydrogen-bond acceptors (Lipinski definition) is 4. The van der Waals surface area contributed by atoms with Crippen molar-refractivity contribution in [1.29, 1.82) is 0 Å².